The molecule has 1 heterocycles. The molecule has 8 nitrogen and oxygen atoms in total. The predicted molar refractivity (Wildman–Crippen MR) is 57.8 cm³/mol. The Hall–Kier alpha value is -2.22. The van der Waals surface area contributed by atoms with Crippen LogP contribution >= 0.6 is 0 Å². The van der Waals surface area contributed by atoms with Gasteiger partial charge in [0.25, 0.3) is 0 Å². The first-order valence-corrected chi connectivity index (χ1v) is 4.60. The van der Waals surface area contributed by atoms with E-state index in [1.54, 1.807) is 0 Å². The lowest BCUT2D eigenvalue weighted by Gasteiger charge is -2.19. The highest BCUT2D eigenvalue weighted by molar-refractivity contribution is 5.95. The molecule has 0 fully saturated rings. The molecule has 0 aliphatic heterocycles. The maximum absolute atomic E-state index is 11.3. The molecular formula is C9H11N3O5. The van der Waals surface area contributed by atoms with Crippen molar-refractivity contribution >= 4 is 5.78 Å². The van der Waals surface area contributed by atoms with Crippen molar-refractivity contribution < 1.29 is 9.90 Å². The minimum atomic E-state index is -1.95. The highest BCUT2D eigenvalue weighted by Crippen LogP contribution is 2.06. The van der Waals surface area contributed by atoms with E-state index in [4.69, 9.17) is 0 Å². The van der Waals surface area contributed by atoms with Gasteiger partial charge in [0, 0.05) is 0 Å². The lowest BCUT2D eigenvalue weighted by atomic mass is 10.0. The third-order valence-corrected chi connectivity index (χ3v) is 2.11. The normalized spacial score (nSPS) is 14.0. The fourth-order valence-corrected chi connectivity index (χ4v) is 1.20. The van der Waals surface area contributed by atoms with Crippen molar-refractivity contribution in [2.75, 3.05) is 0 Å². The summed E-state index contributed by atoms with van der Waals surface area (Å²) in [7, 11) is 0. The van der Waals surface area contributed by atoms with E-state index in [2.05, 4.69) is 6.58 Å². The average Bonchev–Trinajstić information content (AvgIpc) is 2.22. The number of hydrogen-bond donors (Lipinski definition) is 3. The lowest BCUT2D eigenvalue weighted by molar-refractivity contribution is -0.131. The van der Waals surface area contributed by atoms with Gasteiger partial charge in [-0.25, -0.2) is 19.0 Å². The van der Waals surface area contributed by atoms with E-state index in [0.717, 1.165) is 13.0 Å². The molecule has 0 aliphatic carbocycles. The van der Waals surface area contributed by atoms with Gasteiger partial charge in [0.15, 0.2) is 5.78 Å². The number of carbonyl (C=O) groups excluding carboxylic acids is 1. The molecular weight excluding hydrogens is 230 g/mol. The molecule has 0 saturated heterocycles. The van der Waals surface area contributed by atoms with Gasteiger partial charge in [-0.2, -0.15) is 0 Å². The van der Waals surface area contributed by atoms with E-state index < -0.39 is 35.0 Å². The zero-order valence-corrected chi connectivity index (χ0v) is 9.02. The second-order valence-electron chi connectivity index (χ2n) is 3.62. The number of nitrogens with zero attached hydrogens (tertiary/aromatic N) is 1. The number of ketones is 1. The van der Waals surface area contributed by atoms with Gasteiger partial charge in [-0.15, -0.1) is 0 Å². The van der Waals surface area contributed by atoms with Crippen LogP contribution in [-0.4, -0.2) is 31.0 Å². The molecule has 1 atom stereocenters. The van der Waals surface area contributed by atoms with Gasteiger partial charge in [0.2, 0.25) is 0 Å². The van der Waals surface area contributed by atoms with Crippen LogP contribution in [-0.2, 0) is 11.3 Å². The number of H-pyrrole nitrogens is 2. The molecule has 0 amide bonds. The van der Waals surface area contributed by atoms with E-state index in [0.29, 0.717) is 4.57 Å². The smallest absolute Gasteiger partial charge is 0.333 e. The zero-order chi connectivity index (χ0) is 13.2. The predicted octanol–water partition coefficient (Wildman–Crippen LogP) is -2.27. The second-order valence-corrected chi connectivity index (χ2v) is 3.62. The van der Waals surface area contributed by atoms with Gasteiger partial charge in [-0.3, -0.25) is 14.8 Å². The molecule has 1 unspecified atom stereocenters. The molecule has 8 heteroatoms. The second kappa shape index (κ2) is 4.34. The third kappa shape index (κ3) is 2.67. The number of rotatable bonds is 4. The maximum Gasteiger partial charge on any atom is 0.333 e. The summed E-state index contributed by atoms with van der Waals surface area (Å²) in [6, 6.07) is 0. The van der Waals surface area contributed by atoms with Crippen LogP contribution in [0.4, 0.5) is 0 Å². The summed E-state index contributed by atoms with van der Waals surface area (Å²) in [5, 5.41) is 9.73. The molecule has 0 radical (unpaired) electrons. The summed E-state index contributed by atoms with van der Waals surface area (Å²) < 4.78 is 0.517. The van der Waals surface area contributed by atoms with Crippen LogP contribution in [0.2, 0.25) is 0 Å². The highest BCUT2D eigenvalue weighted by atomic mass is 16.3. The molecule has 1 rings (SSSR count). The van der Waals surface area contributed by atoms with Crippen molar-refractivity contribution in [3.8, 4) is 0 Å². The molecule has 0 spiro atoms. The van der Waals surface area contributed by atoms with Crippen molar-refractivity contribution in [3.63, 3.8) is 0 Å². The maximum atomic E-state index is 11.3. The third-order valence-electron chi connectivity index (χ3n) is 2.11. The Morgan fingerprint density at radius 1 is 1.41 bits per heavy atom. The van der Waals surface area contributed by atoms with Gasteiger partial charge in [-0.1, -0.05) is 6.58 Å². The molecule has 0 aliphatic rings. The van der Waals surface area contributed by atoms with Crippen molar-refractivity contribution in [3.05, 3.63) is 44.1 Å². The fraction of sp³-hybridized carbons (Fsp3) is 0.333. The van der Waals surface area contributed by atoms with Crippen LogP contribution in [0.3, 0.4) is 0 Å². The minimum absolute atomic E-state index is 0.517. The molecule has 3 N–H and O–H groups in total. The molecule has 17 heavy (non-hydrogen) atoms. The van der Waals surface area contributed by atoms with Gasteiger partial charge < -0.3 is 5.11 Å². The van der Waals surface area contributed by atoms with Crippen LogP contribution in [0.5, 0.6) is 0 Å². The van der Waals surface area contributed by atoms with E-state index in [9.17, 15) is 24.3 Å². The Balaban J connectivity index is 3.26. The highest BCUT2D eigenvalue weighted by Gasteiger charge is 2.29. The fourth-order valence-electron chi connectivity index (χ4n) is 1.20. The van der Waals surface area contributed by atoms with Gasteiger partial charge in [0.1, 0.15) is 5.60 Å². The van der Waals surface area contributed by atoms with Crippen LogP contribution in [0.15, 0.2) is 27.0 Å². The van der Waals surface area contributed by atoms with Gasteiger partial charge >= 0.3 is 17.1 Å². The standard InChI is InChI=1S/C9H11N3O5/c1-3-5(13)9(2,17)4-12-7(15)10-6(14)11-8(12)16/h3,17H,1,4H2,2H3,(H2,10,11,14,15,16). The summed E-state index contributed by atoms with van der Waals surface area (Å²) in [5.41, 5.74) is -4.91. The quantitative estimate of drug-likeness (QED) is 0.512. The Labute approximate surface area is 94.2 Å². The Kier molecular flexibility index (Phi) is 3.28. The SMILES string of the molecule is C=CC(=O)C(C)(O)Cn1c(=O)[nH]c(=O)[nH]c1=O. The zero-order valence-electron chi connectivity index (χ0n) is 9.02. The first-order valence-electron chi connectivity index (χ1n) is 4.60. The molecule has 92 valence electrons. The van der Waals surface area contributed by atoms with Crippen molar-refractivity contribution in [2.45, 2.75) is 19.1 Å². The average molecular weight is 241 g/mol. The van der Waals surface area contributed by atoms with Crippen LogP contribution < -0.4 is 17.1 Å². The van der Waals surface area contributed by atoms with Gasteiger partial charge in [0.05, 0.1) is 6.54 Å². The summed E-state index contributed by atoms with van der Waals surface area (Å²) in [5.74, 6) is -0.741. The Morgan fingerprint density at radius 2 is 1.88 bits per heavy atom. The number of aromatic nitrogens is 3. The van der Waals surface area contributed by atoms with E-state index in [1.807, 2.05) is 9.97 Å². The summed E-state index contributed by atoms with van der Waals surface area (Å²) >= 11 is 0. The van der Waals surface area contributed by atoms with Crippen molar-refractivity contribution in [2.24, 2.45) is 0 Å². The first kappa shape index (κ1) is 12.8. The summed E-state index contributed by atoms with van der Waals surface area (Å²) in [6.07, 6.45) is 0.880. The largest absolute Gasteiger partial charge is 0.380 e. The van der Waals surface area contributed by atoms with E-state index in [-0.39, 0.29) is 0 Å². The van der Waals surface area contributed by atoms with Gasteiger partial charge in [-0.05, 0) is 13.0 Å². The van der Waals surface area contributed by atoms with Crippen LogP contribution in [0.1, 0.15) is 6.92 Å². The van der Waals surface area contributed by atoms with Crippen molar-refractivity contribution in [1.29, 1.82) is 0 Å². The monoisotopic (exact) mass is 241 g/mol. The number of aromatic amines is 2. The van der Waals surface area contributed by atoms with Crippen LogP contribution in [0.25, 0.3) is 0 Å². The summed E-state index contributed by atoms with van der Waals surface area (Å²) in [6.45, 7) is 3.74. The number of nitrogens with one attached hydrogen (secondary N) is 2. The van der Waals surface area contributed by atoms with Crippen LogP contribution in [0, 0.1) is 0 Å². The molecule has 1 aromatic rings. The Bertz CT molecular complexity index is 584. The number of aliphatic hydroxyl groups is 1. The minimum Gasteiger partial charge on any atom is -0.380 e. The first-order chi connectivity index (χ1) is 7.77. The van der Waals surface area contributed by atoms with E-state index >= 15 is 0 Å². The molecule has 1 aromatic heterocycles. The molecule has 0 bridgehead atoms. The number of hydrogen-bond acceptors (Lipinski definition) is 5. The Morgan fingerprint density at radius 3 is 2.29 bits per heavy atom. The topological polar surface area (TPSA) is 125 Å². The summed E-state index contributed by atoms with van der Waals surface area (Å²) in [4.78, 5) is 48.2. The van der Waals surface area contributed by atoms with E-state index in [1.165, 1.54) is 0 Å². The number of carbonyl (C=O) groups is 1. The molecule has 0 aromatic carbocycles. The lowest BCUT2D eigenvalue weighted by Crippen LogP contribution is -2.50. The van der Waals surface area contributed by atoms with Crippen molar-refractivity contribution in [1.82, 2.24) is 14.5 Å². The molecule has 0 saturated carbocycles.